The molecule has 0 saturated carbocycles. The van der Waals surface area contributed by atoms with Crippen molar-refractivity contribution in [1.82, 2.24) is 15.4 Å². The Morgan fingerprint density at radius 2 is 1.89 bits per heavy atom. The van der Waals surface area contributed by atoms with Crippen LogP contribution in [0.5, 0.6) is 0 Å². The predicted molar refractivity (Wildman–Crippen MR) is 112 cm³/mol. The van der Waals surface area contributed by atoms with Crippen LogP contribution in [0.25, 0.3) is 0 Å². The molecule has 0 aromatic heterocycles. The van der Waals surface area contributed by atoms with Gasteiger partial charge in [-0.05, 0) is 18.9 Å². The molecule has 0 amide bonds. The van der Waals surface area contributed by atoms with E-state index in [0.29, 0.717) is 19.0 Å². The van der Waals surface area contributed by atoms with Gasteiger partial charge in [0, 0.05) is 31.3 Å². The first-order chi connectivity index (χ1) is 13.2. The summed E-state index contributed by atoms with van der Waals surface area (Å²) in [7, 11) is -3.23. The van der Waals surface area contributed by atoms with E-state index < -0.39 is 14.9 Å². The summed E-state index contributed by atoms with van der Waals surface area (Å²) in [6.45, 7) is 5.23. The van der Waals surface area contributed by atoms with Gasteiger partial charge < -0.3 is 10.6 Å². The molecule has 0 heterocycles. The van der Waals surface area contributed by atoms with Crippen LogP contribution in [0.4, 0.5) is 5.69 Å². The second-order valence-electron chi connectivity index (χ2n) is 6.72. The number of nitrogens with zero attached hydrogens (tertiary/aromatic N) is 2. The molecule has 0 fully saturated rings. The number of non-ortho nitro benzene ring substituents is 1. The van der Waals surface area contributed by atoms with Gasteiger partial charge in [0.2, 0.25) is 10.0 Å². The lowest BCUT2D eigenvalue weighted by molar-refractivity contribution is -0.384. The Morgan fingerprint density at radius 3 is 2.46 bits per heavy atom. The van der Waals surface area contributed by atoms with Crippen LogP contribution in [-0.4, -0.2) is 44.7 Å². The maximum atomic E-state index is 11.2. The summed E-state index contributed by atoms with van der Waals surface area (Å²) in [5.41, 5.74) is 0.889. The number of sulfonamides is 1. The fourth-order valence-electron chi connectivity index (χ4n) is 2.47. The molecule has 1 unspecified atom stereocenters. The fraction of sp³-hybridized carbons (Fsp3) is 0.611. The van der Waals surface area contributed by atoms with Crippen molar-refractivity contribution in [3.8, 4) is 0 Å². The van der Waals surface area contributed by atoms with E-state index in [1.165, 1.54) is 18.6 Å². The zero-order valence-corrected chi connectivity index (χ0v) is 17.6. The topological polar surface area (TPSA) is 126 Å². The Kier molecular flexibility index (Phi) is 10.5. The third-order valence-electron chi connectivity index (χ3n) is 3.97. The van der Waals surface area contributed by atoms with Gasteiger partial charge in [-0.3, -0.25) is 10.1 Å². The summed E-state index contributed by atoms with van der Waals surface area (Å²) >= 11 is 0. The predicted octanol–water partition coefficient (Wildman–Crippen LogP) is 2.15. The Bertz CT molecular complexity index is 735. The van der Waals surface area contributed by atoms with E-state index in [-0.39, 0.29) is 18.3 Å². The summed E-state index contributed by atoms with van der Waals surface area (Å²) in [6, 6.07) is 6.48. The average Bonchev–Trinajstić information content (AvgIpc) is 2.62. The van der Waals surface area contributed by atoms with Crippen molar-refractivity contribution in [2.45, 2.75) is 52.1 Å². The van der Waals surface area contributed by atoms with Gasteiger partial charge >= 0.3 is 0 Å². The van der Waals surface area contributed by atoms with Crippen molar-refractivity contribution in [3.63, 3.8) is 0 Å². The van der Waals surface area contributed by atoms with E-state index in [0.717, 1.165) is 31.1 Å². The maximum Gasteiger partial charge on any atom is 0.269 e. The van der Waals surface area contributed by atoms with Gasteiger partial charge in [0.15, 0.2) is 5.96 Å². The largest absolute Gasteiger partial charge is 0.355 e. The number of aliphatic imine (C=N–C) groups is 1. The number of guanidine groups is 1. The molecule has 1 atom stereocenters. The van der Waals surface area contributed by atoms with Crippen molar-refractivity contribution in [2.75, 3.05) is 19.3 Å². The average molecular weight is 414 g/mol. The Labute approximate surface area is 167 Å². The van der Waals surface area contributed by atoms with Gasteiger partial charge in [0.25, 0.3) is 5.69 Å². The van der Waals surface area contributed by atoms with E-state index in [4.69, 9.17) is 0 Å². The standard InChI is InChI=1S/C18H31N5O4S/c1-4-5-6-7-15(2)22-18(19-12-13-21-28(3,26)27)20-14-16-8-10-17(11-9-16)23(24)25/h8-11,15,21H,4-7,12-14H2,1-3H3,(H2,19,20,22). The lowest BCUT2D eigenvalue weighted by atomic mass is 10.1. The lowest BCUT2D eigenvalue weighted by Crippen LogP contribution is -2.44. The molecule has 1 aromatic carbocycles. The molecule has 28 heavy (non-hydrogen) atoms. The zero-order valence-electron chi connectivity index (χ0n) is 16.8. The van der Waals surface area contributed by atoms with Crippen LogP contribution < -0.4 is 15.4 Å². The summed E-state index contributed by atoms with van der Waals surface area (Å²) in [5, 5.41) is 17.2. The molecule has 0 spiro atoms. The monoisotopic (exact) mass is 413 g/mol. The van der Waals surface area contributed by atoms with Gasteiger partial charge in [0.1, 0.15) is 0 Å². The van der Waals surface area contributed by atoms with Gasteiger partial charge in [-0.1, -0.05) is 38.3 Å². The molecule has 9 nitrogen and oxygen atoms in total. The molecule has 0 aliphatic rings. The van der Waals surface area contributed by atoms with Gasteiger partial charge in [0.05, 0.1) is 17.7 Å². The van der Waals surface area contributed by atoms with Gasteiger partial charge in [-0.2, -0.15) is 0 Å². The number of nitro groups is 1. The van der Waals surface area contributed by atoms with Crippen LogP contribution in [0, 0.1) is 10.1 Å². The van der Waals surface area contributed by atoms with Gasteiger partial charge in [-0.25, -0.2) is 18.1 Å². The van der Waals surface area contributed by atoms with Crippen LogP contribution in [-0.2, 0) is 16.6 Å². The third kappa shape index (κ3) is 10.8. The van der Waals surface area contributed by atoms with Crippen molar-refractivity contribution >= 4 is 21.7 Å². The maximum absolute atomic E-state index is 11.2. The minimum absolute atomic E-state index is 0.0422. The van der Waals surface area contributed by atoms with Crippen LogP contribution in [0.15, 0.2) is 29.3 Å². The summed E-state index contributed by atoms with van der Waals surface area (Å²) in [6.07, 6.45) is 5.57. The van der Waals surface area contributed by atoms with Crippen molar-refractivity contribution in [1.29, 1.82) is 0 Å². The normalized spacial score (nSPS) is 13.2. The van der Waals surface area contributed by atoms with E-state index in [1.807, 2.05) is 0 Å². The Hall–Kier alpha value is -2.20. The molecule has 158 valence electrons. The molecule has 0 aliphatic carbocycles. The Balaban J connectivity index is 2.68. The zero-order chi connectivity index (χ0) is 21.0. The number of nitrogens with one attached hydrogen (secondary N) is 3. The Morgan fingerprint density at radius 1 is 1.21 bits per heavy atom. The van der Waals surface area contributed by atoms with Crippen LogP contribution in [0.2, 0.25) is 0 Å². The van der Waals surface area contributed by atoms with E-state index in [2.05, 4.69) is 34.2 Å². The number of unbranched alkanes of at least 4 members (excludes halogenated alkanes) is 2. The number of benzene rings is 1. The summed E-state index contributed by atoms with van der Waals surface area (Å²) in [4.78, 5) is 14.8. The molecule has 0 saturated heterocycles. The summed E-state index contributed by atoms with van der Waals surface area (Å²) in [5.74, 6) is 0.581. The SMILES string of the molecule is CCCCCC(C)NC(=NCc1ccc([N+](=O)[O-])cc1)NCCNS(C)(=O)=O. The second-order valence-corrected chi connectivity index (χ2v) is 8.56. The second kappa shape index (κ2) is 12.3. The van der Waals surface area contributed by atoms with Crippen molar-refractivity contribution in [3.05, 3.63) is 39.9 Å². The smallest absolute Gasteiger partial charge is 0.269 e. The van der Waals surface area contributed by atoms with Crippen molar-refractivity contribution < 1.29 is 13.3 Å². The highest BCUT2D eigenvalue weighted by molar-refractivity contribution is 7.88. The number of rotatable bonds is 12. The minimum Gasteiger partial charge on any atom is -0.355 e. The number of hydrogen-bond donors (Lipinski definition) is 3. The number of nitro benzene ring substituents is 1. The molecule has 1 rings (SSSR count). The quantitative estimate of drug-likeness (QED) is 0.158. The molecule has 1 aromatic rings. The first-order valence-electron chi connectivity index (χ1n) is 9.44. The van der Waals surface area contributed by atoms with Crippen molar-refractivity contribution in [2.24, 2.45) is 4.99 Å². The lowest BCUT2D eigenvalue weighted by Gasteiger charge is -2.18. The highest BCUT2D eigenvalue weighted by atomic mass is 32.2. The molecule has 0 radical (unpaired) electrons. The molecular formula is C18H31N5O4S. The molecule has 10 heteroatoms. The third-order valence-corrected chi connectivity index (χ3v) is 4.70. The highest BCUT2D eigenvalue weighted by Gasteiger charge is 2.07. The van der Waals surface area contributed by atoms with Crippen LogP contribution >= 0.6 is 0 Å². The van der Waals surface area contributed by atoms with Crippen LogP contribution in [0.1, 0.15) is 45.1 Å². The van der Waals surface area contributed by atoms with E-state index in [9.17, 15) is 18.5 Å². The molecule has 3 N–H and O–H groups in total. The fourth-order valence-corrected chi connectivity index (χ4v) is 2.94. The molecule has 0 bridgehead atoms. The first-order valence-corrected chi connectivity index (χ1v) is 11.3. The van der Waals surface area contributed by atoms with E-state index in [1.54, 1.807) is 12.1 Å². The summed E-state index contributed by atoms with van der Waals surface area (Å²) < 4.78 is 24.7. The number of hydrogen-bond acceptors (Lipinski definition) is 5. The minimum atomic E-state index is -3.23. The highest BCUT2D eigenvalue weighted by Crippen LogP contribution is 2.12. The molecule has 0 aliphatic heterocycles. The first kappa shape index (κ1) is 23.8. The van der Waals surface area contributed by atoms with Crippen LogP contribution in [0.3, 0.4) is 0 Å². The van der Waals surface area contributed by atoms with E-state index >= 15 is 0 Å². The van der Waals surface area contributed by atoms with Gasteiger partial charge in [-0.15, -0.1) is 0 Å². The molecular weight excluding hydrogens is 382 g/mol.